The maximum atomic E-state index is 13.7. The van der Waals surface area contributed by atoms with E-state index in [4.69, 9.17) is 9.47 Å². The van der Waals surface area contributed by atoms with Crippen LogP contribution in [0, 0.1) is 5.82 Å². The standard InChI is InChI=1S/C20H17FO3/c1-13(2)9-10-23-15-7-8-16-18(12-15)24-19(20(16)22)11-14-5-3-4-6-17(14)21/h3-9,11-12H,10H2,1-2H3. The van der Waals surface area contributed by atoms with Gasteiger partial charge in [0, 0.05) is 11.6 Å². The van der Waals surface area contributed by atoms with E-state index in [-0.39, 0.29) is 11.5 Å². The highest BCUT2D eigenvalue weighted by molar-refractivity contribution is 6.14. The van der Waals surface area contributed by atoms with E-state index in [1.54, 1.807) is 36.4 Å². The molecule has 0 spiro atoms. The molecule has 0 saturated carbocycles. The predicted octanol–water partition coefficient (Wildman–Crippen LogP) is 4.79. The van der Waals surface area contributed by atoms with Crippen molar-refractivity contribution in [2.24, 2.45) is 0 Å². The number of ketones is 1. The Morgan fingerprint density at radius 1 is 1.21 bits per heavy atom. The van der Waals surface area contributed by atoms with Gasteiger partial charge in [-0.2, -0.15) is 0 Å². The van der Waals surface area contributed by atoms with Crippen LogP contribution in [0.2, 0.25) is 0 Å². The number of ether oxygens (including phenoxy) is 2. The van der Waals surface area contributed by atoms with Gasteiger partial charge in [-0.1, -0.05) is 23.8 Å². The van der Waals surface area contributed by atoms with Crippen molar-refractivity contribution in [1.29, 1.82) is 0 Å². The molecular weight excluding hydrogens is 307 g/mol. The third-order valence-corrected chi connectivity index (χ3v) is 3.57. The Hall–Kier alpha value is -2.88. The van der Waals surface area contributed by atoms with Gasteiger partial charge in [-0.15, -0.1) is 0 Å². The minimum atomic E-state index is -0.400. The van der Waals surface area contributed by atoms with E-state index in [9.17, 15) is 9.18 Å². The fourth-order valence-electron chi connectivity index (χ4n) is 2.29. The molecule has 0 aliphatic carbocycles. The zero-order valence-corrected chi connectivity index (χ0v) is 13.5. The van der Waals surface area contributed by atoms with Crippen LogP contribution < -0.4 is 9.47 Å². The van der Waals surface area contributed by atoms with Crippen LogP contribution in [-0.4, -0.2) is 12.4 Å². The van der Waals surface area contributed by atoms with E-state index in [0.29, 0.717) is 29.2 Å². The molecule has 1 aliphatic heterocycles. The van der Waals surface area contributed by atoms with Gasteiger partial charge < -0.3 is 9.47 Å². The Morgan fingerprint density at radius 2 is 2.00 bits per heavy atom. The number of hydrogen-bond acceptors (Lipinski definition) is 3. The van der Waals surface area contributed by atoms with Crippen molar-refractivity contribution in [2.45, 2.75) is 13.8 Å². The number of carbonyl (C=O) groups is 1. The number of fused-ring (bicyclic) bond motifs is 1. The number of carbonyl (C=O) groups excluding carboxylic acids is 1. The van der Waals surface area contributed by atoms with E-state index in [0.717, 1.165) is 5.57 Å². The molecule has 3 rings (SSSR count). The first kappa shape index (κ1) is 16.0. The lowest BCUT2D eigenvalue weighted by Gasteiger charge is -2.05. The molecule has 0 fully saturated rings. The van der Waals surface area contributed by atoms with Crippen molar-refractivity contribution < 1.29 is 18.7 Å². The molecule has 1 aliphatic rings. The highest BCUT2D eigenvalue weighted by Gasteiger charge is 2.27. The predicted molar refractivity (Wildman–Crippen MR) is 90.7 cm³/mol. The number of hydrogen-bond donors (Lipinski definition) is 0. The molecule has 0 N–H and O–H groups in total. The molecule has 1 heterocycles. The zero-order chi connectivity index (χ0) is 17.1. The van der Waals surface area contributed by atoms with Crippen LogP contribution >= 0.6 is 0 Å². The molecule has 0 atom stereocenters. The Kier molecular flexibility index (Phi) is 4.47. The fourth-order valence-corrected chi connectivity index (χ4v) is 2.29. The van der Waals surface area contributed by atoms with Gasteiger partial charge in [0.1, 0.15) is 23.9 Å². The second-order valence-electron chi connectivity index (χ2n) is 5.71. The van der Waals surface area contributed by atoms with E-state index in [2.05, 4.69) is 0 Å². The van der Waals surface area contributed by atoms with E-state index >= 15 is 0 Å². The second-order valence-corrected chi connectivity index (χ2v) is 5.71. The molecular formula is C20H17FO3. The average molecular weight is 324 g/mol. The van der Waals surface area contributed by atoms with Crippen LogP contribution in [0.25, 0.3) is 6.08 Å². The summed E-state index contributed by atoms with van der Waals surface area (Å²) in [6.45, 7) is 4.44. The van der Waals surface area contributed by atoms with E-state index in [1.165, 1.54) is 12.1 Å². The molecule has 122 valence electrons. The second kappa shape index (κ2) is 6.71. The third kappa shape index (κ3) is 3.38. The Balaban J connectivity index is 1.82. The molecule has 0 amide bonds. The summed E-state index contributed by atoms with van der Waals surface area (Å²) < 4.78 is 24.9. The maximum Gasteiger partial charge on any atom is 0.231 e. The quantitative estimate of drug-likeness (QED) is 0.599. The molecule has 0 unspecified atom stereocenters. The van der Waals surface area contributed by atoms with Gasteiger partial charge in [0.2, 0.25) is 5.78 Å². The smallest absolute Gasteiger partial charge is 0.231 e. The molecule has 0 radical (unpaired) electrons. The normalized spacial score (nSPS) is 14.3. The van der Waals surface area contributed by atoms with Crippen LogP contribution in [0.3, 0.4) is 0 Å². The Bertz CT molecular complexity index is 846. The van der Waals surface area contributed by atoms with Crippen LogP contribution in [0.5, 0.6) is 11.5 Å². The largest absolute Gasteiger partial charge is 0.489 e. The third-order valence-electron chi connectivity index (χ3n) is 3.57. The van der Waals surface area contributed by atoms with Gasteiger partial charge in [-0.25, -0.2) is 4.39 Å². The van der Waals surface area contributed by atoms with Gasteiger partial charge in [0.25, 0.3) is 0 Å². The summed E-state index contributed by atoms with van der Waals surface area (Å²) >= 11 is 0. The molecule has 0 saturated heterocycles. The van der Waals surface area contributed by atoms with Gasteiger partial charge in [-0.3, -0.25) is 4.79 Å². The minimum absolute atomic E-state index is 0.108. The lowest BCUT2D eigenvalue weighted by Crippen LogP contribution is -1.98. The number of Topliss-reactive ketones (excluding diaryl/α,β-unsaturated/α-hetero) is 1. The lowest BCUT2D eigenvalue weighted by molar-refractivity contribution is 0.101. The lowest BCUT2D eigenvalue weighted by atomic mass is 10.1. The Labute approximate surface area is 140 Å². The highest BCUT2D eigenvalue weighted by Crippen LogP contribution is 2.35. The molecule has 24 heavy (non-hydrogen) atoms. The number of halogens is 1. The maximum absolute atomic E-state index is 13.7. The van der Waals surface area contributed by atoms with Gasteiger partial charge >= 0.3 is 0 Å². The van der Waals surface area contributed by atoms with Crippen LogP contribution in [-0.2, 0) is 0 Å². The first-order valence-corrected chi connectivity index (χ1v) is 7.63. The van der Waals surface area contributed by atoms with Gasteiger partial charge in [0.15, 0.2) is 5.76 Å². The van der Waals surface area contributed by atoms with Gasteiger partial charge in [0.05, 0.1) is 5.56 Å². The van der Waals surface area contributed by atoms with Crippen molar-refractivity contribution in [3.8, 4) is 11.5 Å². The number of allylic oxidation sites excluding steroid dienone is 2. The average Bonchev–Trinajstić information content (AvgIpc) is 2.85. The van der Waals surface area contributed by atoms with Crippen LogP contribution in [0.1, 0.15) is 29.8 Å². The van der Waals surface area contributed by atoms with E-state index < -0.39 is 5.82 Å². The minimum Gasteiger partial charge on any atom is -0.489 e. The molecule has 2 aromatic carbocycles. The first-order chi connectivity index (χ1) is 11.5. The monoisotopic (exact) mass is 324 g/mol. The Morgan fingerprint density at radius 3 is 2.75 bits per heavy atom. The fraction of sp³-hybridized carbons (Fsp3) is 0.150. The van der Waals surface area contributed by atoms with Crippen LogP contribution in [0.15, 0.2) is 59.9 Å². The molecule has 4 heteroatoms. The number of rotatable bonds is 4. The van der Waals surface area contributed by atoms with Crippen molar-refractivity contribution in [3.63, 3.8) is 0 Å². The zero-order valence-electron chi connectivity index (χ0n) is 13.5. The molecule has 0 aromatic heterocycles. The summed E-state index contributed by atoms with van der Waals surface area (Å²) in [6.07, 6.45) is 3.38. The number of benzene rings is 2. The van der Waals surface area contributed by atoms with Crippen molar-refractivity contribution in [3.05, 3.63) is 76.8 Å². The van der Waals surface area contributed by atoms with Gasteiger partial charge in [-0.05, 0) is 44.2 Å². The van der Waals surface area contributed by atoms with Crippen molar-refractivity contribution in [1.82, 2.24) is 0 Å². The van der Waals surface area contributed by atoms with Crippen molar-refractivity contribution in [2.75, 3.05) is 6.61 Å². The van der Waals surface area contributed by atoms with Crippen LogP contribution in [0.4, 0.5) is 4.39 Å². The first-order valence-electron chi connectivity index (χ1n) is 7.63. The summed E-state index contributed by atoms with van der Waals surface area (Å²) in [5, 5.41) is 0. The highest BCUT2D eigenvalue weighted by atomic mass is 19.1. The molecule has 0 bridgehead atoms. The van der Waals surface area contributed by atoms with E-state index in [1.807, 2.05) is 19.9 Å². The van der Waals surface area contributed by atoms with Crippen molar-refractivity contribution >= 4 is 11.9 Å². The summed E-state index contributed by atoms with van der Waals surface area (Å²) in [5.41, 5.74) is 1.93. The molecule has 2 aromatic rings. The topological polar surface area (TPSA) is 35.5 Å². The summed E-state index contributed by atoms with van der Waals surface area (Å²) in [4.78, 5) is 12.4. The molecule has 3 nitrogen and oxygen atoms in total. The SMILES string of the molecule is CC(C)=CCOc1ccc2c(c1)OC(=Cc1ccccc1F)C2=O. The summed E-state index contributed by atoms with van der Waals surface area (Å²) in [6, 6.07) is 11.3. The summed E-state index contributed by atoms with van der Waals surface area (Å²) in [7, 11) is 0. The summed E-state index contributed by atoms with van der Waals surface area (Å²) in [5.74, 6) is 0.493.